The smallest absolute Gasteiger partial charge is 0.0815 e. The average Bonchev–Trinajstić information content (AvgIpc) is 2.61. The Morgan fingerprint density at radius 1 is 1.00 bits per heavy atom. The molecule has 0 radical (unpaired) electrons. The van der Waals surface area contributed by atoms with E-state index in [1.807, 2.05) is 0 Å². The highest BCUT2D eigenvalue weighted by atomic mass is 15.3. The third-order valence-corrected chi connectivity index (χ3v) is 4.46. The lowest BCUT2D eigenvalue weighted by atomic mass is 10.0. The van der Waals surface area contributed by atoms with Gasteiger partial charge in [-0.05, 0) is 39.5 Å². The normalized spacial score (nSPS) is 28.3. The third-order valence-electron chi connectivity index (χ3n) is 4.46. The number of rotatable bonds is 5. The van der Waals surface area contributed by atoms with Crippen molar-refractivity contribution >= 4 is 0 Å². The van der Waals surface area contributed by atoms with Crippen LogP contribution in [0.3, 0.4) is 0 Å². The predicted molar refractivity (Wildman–Crippen MR) is 63.3 cm³/mol. The van der Waals surface area contributed by atoms with Crippen LogP contribution in [0.5, 0.6) is 0 Å². The zero-order chi connectivity index (χ0) is 10.6. The molecule has 1 fully saturated rings. The van der Waals surface area contributed by atoms with E-state index >= 15 is 0 Å². The molecular formula is C13H28N+. The summed E-state index contributed by atoms with van der Waals surface area (Å²) in [5, 5.41) is 0. The van der Waals surface area contributed by atoms with Gasteiger partial charge in [0.05, 0.1) is 26.2 Å². The van der Waals surface area contributed by atoms with Crippen LogP contribution in [0.15, 0.2) is 0 Å². The van der Waals surface area contributed by atoms with Crippen molar-refractivity contribution in [3.63, 3.8) is 0 Å². The fraction of sp³-hybridized carbons (Fsp3) is 1.00. The van der Waals surface area contributed by atoms with E-state index in [4.69, 9.17) is 0 Å². The second-order valence-electron chi connectivity index (χ2n) is 5.26. The topological polar surface area (TPSA) is 0 Å². The van der Waals surface area contributed by atoms with Gasteiger partial charge in [0.1, 0.15) is 0 Å². The van der Waals surface area contributed by atoms with Crippen LogP contribution in [-0.2, 0) is 0 Å². The van der Waals surface area contributed by atoms with Crippen molar-refractivity contribution in [2.75, 3.05) is 26.2 Å². The van der Waals surface area contributed by atoms with Crippen molar-refractivity contribution in [1.29, 1.82) is 0 Å². The van der Waals surface area contributed by atoms with Crippen LogP contribution in [0.4, 0.5) is 0 Å². The molecule has 0 aromatic carbocycles. The molecule has 1 nitrogen and oxygen atoms in total. The van der Waals surface area contributed by atoms with Crippen molar-refractivity contribution in [3.8, 4) is 0 Å². The summed E-state index contributed by atoms with van der Waals surface area (Å²) in [5.74, 6) is 2.01. The average molecular weight is 198 g/mol. The third kappa shape index (κ3) is 2.73. The molecule has 0 aromatic heterocycles. The summed E-state index contributed by atoms with van der Waals surface area (Å²) in [5.41, 5.74) is 0. The maximum Gasteiger partial charge on any atom is 0.0815 e. The van der Waals surface area contributed by atoms with Gasteiger partial charge in [-0.3, -0.25) is 0 Å². The first kappa shape index (κ1) is 12.0. The Labute approximate surface area is 90.1 Å². The van der Waals surface area contributed by atoms with Gasteiger partial charge in [-0.25, -0.2) is 0 Å². The van der Waals surface area contributed by atoms with Gasteiger partial charge in [0.15, 0.2) is 0 Å². The Hall–Kier alpha value is -0.0400. The van der Waals surface area contributed by atoms with Gasteiger partial charge in [-0.15, -0.1) is 0 Å². The second-order valence-corrected chi connectivity index (χ2v) is 5.26. The minimum atomic E-state index is 0.993. The van der Waals surface area contributed by atoms with E-state index < -0.39 is 0 Å². The van der Waals surface area contributed by atoms with Crippen LogP contribution < -0.4 is 0 Å². The number of nitrogens with zero attached hydrogens (tertiary/aromatic N) is 1. The van der Waals surface area contributed by atoms with Gasteiger partial charge in [0.25, 0.3) is 0 Å². The first-order valence-corrected chi connectivity index (χ1v) is 6.50. The maximum absolute atomic E-state index is 2.42. The van der Waals surface area contributed by atoms with Crippen molar-refractivity contribution in [3.05, 3.63) is 0 Å². The fourth-order valence-corrected chi connectivity index (χ4v) is 3.10. The molecule has 1 rings (SSSR count). The van der Waals surface area contributed by atoms with Gasteiger partial charge in [0.2, 0.25) is 0 Å². The molecular weight excluding hydrogens is 170 g/mol. The molecule has 0 heterocycles. The molecule has 1 heteroatoms. The Kier molecular flexibility index (Phi) is 4.43. The molecule has 1 aliphatic carbocycles. The van der Waals surface area contributed by atoms with Crippen LogP contribution in [0.1, 0.15) is 47.0 Å². The van der Waals surface area contributed by atoms with Crippen LogP contribution in [0, 0.1) is 11.8 Å². The molecule has 2 unspecified atom stereocenters. The van der Waals surface area contributed by atoms with Crippen LogP contribution in [-0.4, -0.2) is 30.7 Å². The zero-order valence-corrected chi connectivity index (χ0v) is 10.6. The molecule has 0 N–H and O–H groups in total. The molecule has 0 amide bonds. The number of hydrogen-bond acceptors (Lipinski definition) is 0. The van der Waals surface area contributed by atoms with E-state index in [9.17, 15) is 0 Å². The molecule has 0 aliphatic heterocycles. The molecule has 0 bridgehead atoms. The first-order valence-electron chi connectivity index (χ1n) is 6.50. The molecule has 1 aliphatic rings. The fourth-order valence-electron chi connectivity index (χ4n) is 3.10. The predicted octanol–water partition coefficient (Wildman–Crippen LogP) is 3.30. The van der Waals surface area contributed by atoms with Gasteiger partial charge in [0, 0.05) is 5.92 Å². The molecule has 84 valence electrons. The van der Waals surface area contributed by atoms with Crippen molar-refractivity contribution in [2.45, 2.75) is 47.0 Å². The summed E-state index contributed by atoms with van der Waals surface area (Å²) in [6.07, 6.45) is 4.45. The molecule has 1 saturated carbocycles. The Morgan fingerprint density at radius 2 is 1.57 bits per heavy atom. The summed E-state index contributed by atoms with van der Waals surface area (Å²) in [6, 6.07) is 0. The maximum atomic E-state index is 2.42. The quantitative estimate of drug-likeness (QED) is 0.595. The highest BCUT2D eigenvalue weighted by molar-refractivity contribution is 4.72. The Balaban J connectivity index is 2.47. The van der Waals surface area contributed by atoms with Gasteiger partial charge < -0.3 is 4.48 Å². The van der Waals surface area contributed by atoms with Crippen LogP contribution >= 0.6 is 0 Å². The summed E-state index contributed by atoms with van der Waals surface area (Å²) < 4.78 is 1.34. The van der Waals surface area contributed by atoms with Crippen molar-refractivity contribution in [2.24, 2.45) is 11.8 Å². The van der Waals surface area contributed by atoms with Crippen molar-refractivity contribution in [1.82, 2.24) is 0 Å². The van der Waals surface area contributed by atoms with Crippen LogP contribution in [0.2, 0.25) is 0 Å². The highest BCUT2D eigenvalue weighted by Gasteiger charge is 2.30. The standard InChI is InChI=1S/C13H28N/c1-5-14(6-2,7-3)11-13-9-8-12(4)10-13/h12-13H,5-11H2,1-4H3/q+1. The summed E-state index contributed by atoms with van der Waals surface area (Å²) >= 11 is 0. The first-order chi connectivity index (χ1) is 6.65. The largest absolute Gasteiger partial charge is 0.324 e. The summed E-state index contributed by atoms with van der Waals surface area (Å²) in [4.78, 5) is 0. The lowest BCUT2D eigenvalue weighted by Gasteiger charge is -2.38. The monoisotopic (exact) mass is 198 g/mol. The molecule has 14 heavy (non-hydrogen) atoms. The summed E-state index contributed by atoms with van der Waals surface area (Å²) in [7, 11) is 0. The molecule has 0 aromatic rings. The number of quaternary nitrogens is 1. The summed E-state index contributed by atoms with van der Waals surface area (Å²) in [6.45, 7) is 14.9. The second kappa shape index (κ2) is 5.16. The molecule has 0 spiro atoms. The van der Waals surface area contributed by atoms with E-state index in [-0.39, 0.29) is 0 Å². The zero-order valence-electron chi connectivity index (χ0n) is 10.6. The highest BCUT2D eigenvalue weighted by Crippen LogP contribution is 2.32. The SMILES string of the molecule is CC[N+](CC)(CC)CC1CCC(C)C1. The van der Waals surface area contributed by atoms with Gasteiger partial charge in [-0.1, -0.05) is 13.3 Å². The lowest BCUT2D eigenvalue weighted by Crippen LogP contribution is -2.50. The minimum absolute atomic E-state index is 0.993. The van der Waals surface area contributed by atoms with E-state index in [1.54, 1.807) is 0 Å². The van der Waals surface area contributed by atoms with Gasteiger partial charge in [-0.2, -0.15) is 0 Å². The van der Waals surface area contributed by atoms with Crippen molar-refractivity contribution < 1.29 is 4.48 Å². The molecule has 2 atom stereocenters. The van der Waals surface area contributed by atoms with Crippen LogP contribution in [0.25, 0.3) is 0 Å². The Bertz CT molecular complexity index is 152. The minimum Gasteiger partial charge on any atom is -0.324 e. The molecule has 0 saturated heterocycles. The van der Waals surface area contributed by atoms with E-state index in [1.165, 1.54) is 49.9 Å². The van der Waals surface area contributed by atoms with E-state index in [0.717, 1.165) is 11.8 Å². The van der Waals surface area contributed by atoms with Gasteiger partial charge >= 0.3 is 0 Å². The Morgan fingerprint density at radius 3 is 1.93 bits per heavy atom. The number of hydrogen-bond donors (Lipinski definition) is 0. The van der Waals surface area contributed by atoms with E-state index in [0.29, 0.717) is 0 Å². The lowest BCUT2D eigenvalue weighted by molar-refractivity contribution is -0.926. The van der Waals surface area contributed by atoms with E-state index in [2.05, 4.69) is 27.7 Å².